The highest BCUT2D eigenvalue weighted by Crippen LogP contribution is 2.34. The highest BCUT2D eigenvalue weighted by atomic mass is 16.3. The van der Waals surface area contributed by atoms with Crippen LogP contribution in [0.1, 0.15) is 34.0 Å². The van der Waals surface area contributed by atoms with Crippen molar-refractivity contribution in [2.24, 2.45) is 9.98 Å². The zero-order valence-electron chi connectivity index (χ0n) is 16.5. The van der Waals surface area contributed by atoms with Crippen LogP contribution in [0, 0.1) is 13.8 Å². The zero-order valence-corrected chi connectivity index (χ0v) is 16.5. The SMILES string of the molecule is Cc1ccc(C2=NC(c3ccc(O)cc3O)N=C(c3ccc(O)cc3O)N2)c(C)c1. The zero-order chi connectivity index (χ0) is 21.4. The van der Waals surface area contributed by atoms with E-state index in [2.05, 4.69) is 15.3 Å². The van der Waals surface area contributed by atoms with Crippen LogP contribution in [0.5, 0.6) is 23.0 Å². The van der Waals surface area contributed by atoms with Gasteiger partial charge in [-0.25, -0.2) is 9.98 Å². The average molecular weight is 403 g/mol. The maximum Gasteiger partial charge on any atom is 0.173 e. The van der Waals surface area contributed by atoms with Gasteiger partial charge >= 0.3 is 0 Å². The summed E-state index contributed by atoms with van der Waals surface area (Å²) in [5.74, 6) is 0.464. The van der Waals surface area contributed by atoms with Gasteiger partial charge in [0.1, 0.15) is 34.7 Å². The van der Waals surface area contributed by atoms with Crippen LogP contribution < -0.4 is 5.32 Å². The van der Waals surface area contributed by atoms with Gasteiger partial charge in [0.2, 0.25) is 0 Å². The molecule has 4 rings (SSSR count). The van der Waals surface area contributed by atoms with Crippen LogP contribution >= 0.6 is 0 Å². The highest BCUT2D eigenvalue weighted by molar-refractivity contribution is 6.17. The summed E-state index contributed by atoms with van der Waals surface area (Å²) in [7, 11) is 0. The summed E-state index contributed by atoms with van der Waals surface area (Å²) in [4.78, 5) is 9.23. The number of aromatic hydroxyl groups is 4. The Bertz CT molecular complexity index is 1130. The van der Waals surface area contributed by atoms with Crippen LogP contribution in [0.25, 0.3) is 0 Å². The van der Waals surface area contributed by atoms with Crippen molar-refractivity contribution in [3.63, 3.8) is 0 Å². The number of hydrogen-bond donors (Lipinski definition) is 5. The molecule has 152 valence electrons. The summed E-state index contributed by atoms with van der Waals surface area (Å²) < 4.78 is 0. The number of rotatable bonds is 3. The summed E-state index contributed by atoms with van der Waals surface area (Å²) in [6.45, 7) is 3.98. The summed E-state index contributed by atoms with van der Waals surface area (Å²) in [6.07, 6.45) is -0.800. The van der Waals surface area contributed by atoms with Gasteiger partial charge in [-0.3, -0.25) is 0 Å². The quantitative estimate of drug-likeness (QED) is 0.458. The van der Waals surface area contributed by atoms with Crippen molar-refractivity contribution in [3.8, 4) is 23.0 Å². The average Bonchev–Trinajstić information content (AvgIpc) is 2.67. The Balaban J connectivity index is 1.86. The van der Waals surface area contributed by atoms with E-state index >= 15 is 0 Å². The molecular weight excluding hydrogens is 382 g/mol. The monoisotopic (exact) mass is 403 g/mol. The second-order valence-electron chi connectivity index (χ2n) is 7.22. The molecule has 0 spiro atoms. The lowest BCUT2D eigenvalue weighted by Crippen LogP contribution is -2.36. The standard InChI is InChI=1S/C23H21N3O4/c1-12-3-6-16(13(2)9-12)21-24-22(17-7-4-14(27)10-19(17)29)26-23(25-21)18-8-5-15(28)11-20(18)30/h3-11,22,27-30H,1-2H3,(H,24,25,26). The third-order valence-electron chi connectivity index (χ3n) is 4.91. The molecule has 0 saturated carbocycles. The van der Waals surface area contributed by atoms with Gasteiger partial charge in [-0.05, 0) is 43.7 Å². The Morgan fingerprint density at radius 2 is 1.30 bits per heavy atom. The molecule has 0 fully saturated rings. The Hall–Kier alpha value is -4.00. The maximum atomic E-state index is 10.3. The van der Waals surface area contributed by atoms with Gasteiger partial charge in [0.15, 0.2) is 6.17 Å². The number of nitrogens with zero attached hydrogens (tertiary/aromatic N) is 2. The molecule has 30 heavy (non-hydrogen) atoms. The third kappa shape index (κ3) is 3.65. The van der Waals surface area contributed by atoms with Gasteiger partial charge in [0.25, 0.3) is 0 Å². The normalized spacial score (nSPS) is 15.9. The first-order valence-corrected chi connectivity index (χ1v) is 9.36. The Morgan fingerprint density at radius 3 is 1.93 bits per heavy atom. The number of benzene rings is 3. The minimum absolute atomic E-state index is 0.0656. The molecule has 1 atom stereocenters. The smallest absolute Gasteiger partial charge is 0.173 e. The molecule has 5 N–H and O–H groups in total. The van der Waals surface area contributed by atoms with Crippen molar-refractivity contribution in [1.82, 2.24) is 5.32 Å². The number of nitrogens with one attached hydrogen (secondary N) is 1. The first kappa shape index (κ1) is 19.3. The molecule has 3 aromatic carbocycles. The largest absolute Gasteiger partial charge is 0.508 e. The molecule has 0 amide bonds. The number of amidine groups is 2. The number of hydrogen-bond acceptors (Lipinski definition) is 7. The number of phenols is 4. The lowest BCUT2D eigenvalue weighted by atomic mass is 10.0. The molecule has 7 nitrogen and oxygen atoms in total. The van der Waals surface area contributed by atoms with Gasteiger partial charge < -0.3 is 25.7 Å². The van der Waals surface area contributed by atoms with Gasteiger partial charge in [0.05, 0.1) is 5.56 Å². The van der Waals surface area contributed by atoms with Gasteiger partial charge in [-0.15, -0.1) is 0 Å². The van der Waals surface area contributed by atoms with E-state index in [1.165, 1.54) is 24.3 Å². The van der Waals surface area contributed by atoms with Gasteiger partial charge in [-0.2, -0.15) is 0 Å². The van der Waals surface area contributed by atoms with Crippen molar-refractivity contribution in [3.05, 3.63) is 82.4 Å². The van der Waals surface area contributed by atoms with E-state index in [0.29, 0.717) is 22.8 Å². The minimum atomic E-state index is -0.800. The van der Waals surface area contributed by atoms with Crippen LogP contribution in [0.15, 0.2) is 64.6 Å². The first-order valence-electron chi connectivity index (χ1n) is 9.36. The van der Waals surface area contributed by atoms with Crippen LogP contribution in [-0.2, 0) is 0 Å². The number of aryl methyl sites for hydroxylation is 2. The predicted molar refractivity (Wildman–Crippen MR) is 114 cm³/mol. The molecule has 7 heteroatoms. The Kier molecular flexibility index (Phi) is 4.79. The van der Waals surface area contributed by atoms with Gasteiger partial charge in [0, 0.05) is 23.3 Å². The van der Waals surface area contributed by atoms with E-state index < -0.39 is 6.17 Å². The van der Waals surface area contributed by atoms with Crippen LogP contribution in [0.2, 0.25) is 0 Å². The summed E-state index contributed by atoms with van der Waals surface area (Å²) in [5, 5.41) is 43.1. The van der Waals surface area contributed by atoms with Crippen molar-refractivity contribution in [1.29, 1.82) is 0 Å². The van der Waals surface area contributed by atoms with E-state index in [0.717, 1.165) is 16.7 Å². The van der Waals surface area contributed by atoms with Crippen molar-refractivity contribution < 1.29 is 20.4 Å². The first-order chi connectivity index (χ1) is 14.3. The van der Waals surface area contributed by atoms with E-state index in [1.807, 2.05) is 32.0 Å². The summed E-state index contributed by atoms with van der Waals surface area (Å²) in [6, 6.07) is 14.4. The van der Waals surface area contributed by atoms with Crippen molar-refractivity contribution in [2.45, 2.75) is 20.0 Å². The lowest BCUT2D eigenvalue weighted by molar-refractivity contribution is 0.442. The fourth-order valence-electron chi connectivity index (χ4n) is 3.41. The fraction of sp³-hybridized carbons (Fsp3) is 0.130. The molecular formula is C23H21N3O4. The van der Waals surface area contributed by atoms with Crippen LogP contribution in [0.3, 0.4) is 0 Å². The fourth-order valence-corrected chi connectivity index (χ4v) is 3.41. The van der Waals surface area contributed by atoms with Gasteiger partial charge in [-0.1, -0.05) is 23.8 Å². The highest BCUT2D eigenvalue weighted by Gasteiger charge is 2.24. The summed E-state index contributed by atoms with van der Waals surface area (Å²) >= 11 is 0. The summed E-state index contributed by atoms with van der Waals surface area (Å²) in [5.41, 5.74) is 3.77. The topological polar surface area (TPSA) is 118 Å². The molecule has 0 aliphatic carbocycles. The van der Waals surface area contributed by atoms with Crippen LogP contribution in [0.4, 0.5) is 0 Å². The van der Waals surface area contributed by atoms with E-state index in [1.54, 1.807) is 12.1 Å². The van der Waals surface area contributed by atoms with E-state index in [4.69, 9.17) is 0 Å². The molecule has 1 aliphatic heterocycles. The van der Waals surface area contributed by atoms with E-state index in [-0.39, 0.29) is 23.0 Å². The molecule has 1 aliphatic rings. The molecule has 1 heterocycles. The molecule has 0 bridgehead atoms. The lowest BCUT2D eigenvalue weighted by Gasteiger charge is -2.24. The Morgan fingerprint density at radius 1 is 0.700 bits per heavy atom. The second-order valence-corrected chi connectivity index (χ2v) is 7.22. The van der Waals surface area contributed by atoms with E-state index in [9.17, 15) is 20.4 Å². The molecule has 0 radical (unpaired) electrons. The molecule has 3 aromatic rings. The molecule has 0 saturated heterocycles. The van der Waals surface area contributed by atoms with Crippen LogP contribution in [-0.4, -0.2) is 32.1 Å². The molecule has 0 aromatic heterocycles. The van der Waals surface area contributed by atoms with Crippen molar-refractivity contribution >= 4 is 11.7 Å². The van der Waals surface area contributed by atoms with Crippen molar-refractivity contribution in [2.75, 3.05) is 0 Å². The predicted octanol–water partition coefficient (Wildman–Crippen LogP) is 3.62. The Labute approximate surface area is 173 Å². The minimum Gasteiger partial charge on any atom is -0.508 e. The molecule has 1 unspecified atom stereocenters. The third-order valence-corrected chi connectivity index (χ3v) is 4.91. The second kappa shape index (κ2) is 7.44. The number of aliphatic imine (C=N–C) groups is 2. The number of phenolic OH excluding ortho intramolecular Hbond substituents is 4. The maximum absolute atomic E-state index is 10.3.